The summed E-state index contributed by atoms with van der Waals surface area (Å²) in [4.78, 5) is 13.3. The molecule has 1 unspecified atom stereocenters. The summed E-state index contributed by atoms with van der Waals surface area (Å²) >= 11 is 0. The van der Waals surface area contributed by atoms with Crippen LogP contribution in [-0.2, 0) is 4.79 Å². The van der Waals surface area contributed by atoms with Gasteiger partial charge >= 0.3 is 0 Å². The standard InChI is InChI=1S/C18H31N3O/c1-12(15(4,5)14(2,3)11-19)13(22)16(6,7)17(8,9)18(10)20-21-18/h12H,1-10H3. The number of carbonyl (C=O) groups excluding carboxylic acids is 1. The first-order chi connectivity index (χ1) is 9.58. The van der Waals surface area contributed by atoms with Gasteiger partial charge in [-0.25, -0.2) is 0 Å². The first kappa shape index (κ1) is 18.8. The lowest BCUT2D eigenvalue weighted by molar-refractivity contribution is -0.144. The molecule has 0 aliphatic carbocycles. The molecule has 0 amide bonds. The predicted octanol–water partition coefficient (Wildman–Crippen LogP) is 5.00. The van der Waals surface area contributed by atoms with E-state index in [-0.39, 0.29) is 17.1 Å². The van der Waals surface area contributed by atoms with Crippen molar-refractivity contribution in [2.75, 3.05) is 0 Å². The Kier molecular flexibility index (Phi) is 4.17. The van der Waals surface area contributed by atoms with Crippen LogP contribution in [0.4, 0.5) is 0 Å². The average Bonchev–Trinajstić information content (AvgIpc) is 3.15. The van der Waals surface area contributed by atoms with Crippen LogP contribution in [0.25, 0.3) is 0 Å². The highest BCUT2D eigenvalue weighted by Gasteiger charge is 2.61. The summed E-state index contributed by atoms with van der Waals surface area (Å²) in [6, 6.07) is 2.36. The van der Waals surface area contributed by atoms with Crippen LogP contribution in [0.2, 0.25) is 0 Å². The minimum absolute atomic E-state index is 0.171. The first-order valence-electron chi connectivity index (χ1n) is 7.98. The largest absolute Gasteiger partial charge is 0.299 e. The molecule has 22 heavy (non-hydrogen) atoms. The van der Waals surface area contributed by atoms with Crippen LogP contribution in [0.3, 0.4) is 0 Å². The molecule has 124 valence electrons. The van der Waals surface area contributed by atoms with E-state index in [1.165, 1.54) is 0 Å². The number of hydrogen-bond acceptors (Lipinski definition) is 4. The molecule has 0 aromatic heterocycles. The SMILES string of the molecule is CC(C(=O)C(C)(C)C(C)(C)C1(C)N=N1)C(C)(C)C(C)(C)C#N. The summed E-state index contributed by atoms with van der Waals surface area (Å²) < 4.78 is 0. The number of ketones is 1. The Balaban J connectivity index is 3.17. The summed E-state index contributed by atoms with van der Waals surface area (Å²) in [5.74, 6) is -0.0666. The van der Waals surface area contributed by atoms with Crippen LogP contribution in [0.15, 0.2) is 10.2 Å². The molecule has 0 aromatic rings. The molecule has 0 fully saturated rings. The molecule has 0 bridgehead atoms. The summed E-state index contributed by atoms with van der Waals surface area (Å²) in [7, 11) is 0. The maximum absolute atomic E-state index is 13.3. The Labute approximate surface area is 135 Å². The number of nitrogens with zero attached hydrogens (tertiary/aromatic N) is 3. The van der Waals surface area contributed by atoms with Crippen molar-refractivity contribution in [3.63, 3.8) is 0 Å². The highest BCUT2D eigenvalue weighted by molar-refractivity contribution is 5.88. The zero-order valence-electron chi connectivity index (χ0n) is 15.8. The van der Waals surface area contributed by atoms with Crippen molar-refractivity contribution in [1.29, 1.82) is 5.26 Å². The molecule has 1 heterocycles. The molecule has 1 rings (SSSR count). The number of rotatable bonds is 6. The lowest BCUT2D eigenvalue weighted by Gasteiger charge is -2.48. The van der Waals surface area contributed by atoms with Gasteiger partial charge in [0.2, 0.25) is 0 Å². The summed E-state index contributed by atoms with van der Waals surface area (Å²) in [6.07, 6.45) is 0. The fourth-order valence-electron chi connectivity index (χ4n) is 2.78. The van der Waals surface area contributed by atoms with E-state index < -0.39 is 21.9 Å². The molecule has 1 aliphatic rings. The van der Waals surface area contributed by atoms with E-state index in [4.69, 9.17) is 0 Å². The molecule has 0 N–H and O–H groups in total. The van der Waals surface area contributed by atoms with Crippen LogP contribution in [0, 0.1) is 38.9 Å². The van der Waals surface area contributed by atoms with E-state index in [0.717, 1.165) is 0 Å². The lowest BCUT2D eigenvalue weighted by atomic mass is 9.53. The topological polar surface area (TPSA) is 65.6 Å². The van der Waals surface area contributed by atoms with Crippen molar-refractivity contribution in [2.24, 2.45) is 37.8 Å². The van der Waals surface area contributed by atoms with E-state index in [9.17, 15) is 10.1 Å². The minimum atomic E-state index is -0.590. The molecule has 0 aromatic carbocycles. The monoisotopic (exact) mass is 305 g/mol. The maximum Gasteiger partial charge on any atom is 0.194 e. The zero-order valence-corrected chi connectivity index (χ0v) is 15.8. The van der Waals surface area contributed by atoms with Gasteiger partial charge in [-0.2, -0.15) is 15.5 Å². The Morgan fingerprint density at radius 2 is 1.45 bits per heavy atom. The van der Waals surface area contributed by atoms with Crippen LogP contribution < -0.4 is 0 Å². The Morgan fingerprint density at radius 1 is 1.05 bits per heavy atom. The third-order valence-corrected chi connectivity index (χ3v) is 7.13. The summed E-state index contributed by atoms with van der Waals surface area (Å²) in [5, 5.41) is 17.8. The predicted molar refractivity (Wildman–Crippen MR) is 88.2 cm³/mol. The van der Waals surface area contributed by atoms with E-state index >= 15 is 0 Å². The van der Waals surface area contributed by atoms with E-state index in [1.54, 1.807) is 0 Å². The Morgan fingerprint density at radius 3 is 1.77 bits per heavy atom. The van der Waals surface area contributed by atoms with E-state index in [0.29, 0.717) is 0 Å². The second kappa shape index (κ2) is 4.88. The second-order valence-electron chi connectivity index (χ2n) is 9.02. The van der Waals surface area contributed by atoms with Crippen LogP contribution in [0.1, 0.15) is 69.2 Å². The Bertz CT molecular complexity index is 541. The lowest BCUT2D eigenvalue weighted by Crippen LogP contribution is -2.53. The van der Waals surface area contributed by atoms with Crippen LogP contribution in [0.5, 0.6) is 0 Å². The van der Waals surface area contributed by atoms with Gasteiger partial charge in [0.05, 0.1) is 11.5 Å². The molecule has 4 heteroatoms. The highest BCUT2D eigenvalue weighted by atomic mass is 16.1. The fraction of sp³-hybridized carbons (Fsp3) is 0.889. The number of Topliss-reactive ketones (excluding diaryl/α,β-unsaturated/α-hetero) is 1. The second-order valence-corrected chi connectivity index (χ2v) is 9.02. The van der Waals surface area contributed by atoms with Crippen molar-refractivity contribution in [3.8, 4) is 6.07 Å². The zero-order chi connectivity index (χ0) is 17.8. The van der Waals surface area contributed by atoms with Crippen LogP contribution >= 0.6 is 0 Å². The molecule has 0 radical (unpaired) electrons. The highest BCUT2D eigenvalue weighted by Crippen LogP contribution is 2.57. The molecule has 1 aliphatic heterocycles. The van der Waals surface area contributed by atoms with Gasteiger partial charge in [0.25, 0.3) is 0 Å². The normalized spacial score (nSPS) is 19.5. The van der Waals surface area contributed by atoms with E-state index in [1.807, 2.05) is 55.4 Å². The van der Waals surface area contributed by atoms with Crippen molar-refractivity contribution in [2.45, 2.75) is 74.9 Å². The third-order valence-electron chi connectivity index (χ3n) is 7.13. The first-order valence-corrected chi connectivity index (χ1v) is 7.98. The van der Waals surface area contributed by atoms with Crippen molar-refractivity contribution in [1.82, 2.24) is 0 Å². The Hall–Kier alpha value is -1.24. The molecular formula is C18H31N3O. The molecular weight excluding hydrogens is 274 g/mol. The van der Waals surface area contributed by atoms with Crippen LogP contribution in [-0.4, -0.2) is 11.4 Å². The third kappa shape index (κ3) is 2.39. The molecule has 1 atom stereocenters. The van der Waals surface area contributed by atoms with Crippen molar-refractivity contribution in [3.05, 3.63) is 0 Å². The summed E-state index contributed by atoms with van der Waals surface area (Å²) in [6.45, 7) is 19.8. The fourth-order valence-corrected chi connectivity index (χ4v) is 2.78. The quantitative estimate of drug-likeness (QED) is 0.693. The van der Waals surface area contributed by atoms with Gasteiger partial charge in [0, 0.05) is 16.7 Å². The smallest absolute Gasteiger partial charge is 0.194 e. The van der Waals surface area contributed by atoms with Gasteiger partial charge in [0.15, 0.2) is 5.66 Å². The molecule has 4 nitrogen and oxygen atoms in total. The van der Waals surface area contributed by atoms with Gasteiger partial charge in [0.1, 0.15) is 5.78 Å². The molecule has 0 saturated carbocycles. The maximum atomic E-state index is 13.3. The molecule has 0 saturated heterocycles. The van der Waals surface area contributed by atoms with Crippen molar-refractivity contribution >= 4 is 5.78 Å². The molecule has 0 spiro atoms. The van der Waals surface area contributed by atoms with Gasteiger partial charge in [-0.05, 0) is 26.2 Å². The van der Waals surface area contributed by atoms with E-state index in [2.05, 4.69) is 30.1 Å². The minimum Gasteiger partial charge on any atom is -0.299 e. The number of carbonyl (C=O) groups is 1. The summed E-state index contributed by atoms with van der Waals surface area (Å²) in [5.41, 5.74) is -2.46. The van der Waals surface area contributed by atoms with Gasteiger partial charge in [-0.15, -0.1) is 0 Å². The van der Waals surface area contributed by atoms with Crippen molar-refractivity contribution < 1.29 is 4.79 Å². The van der Waals surface area contributed by atoms with Gasteiger partial charge in [-0.3, -0.25) is 4.79 Å². The van der Waals surface area contributed by atoms with Gasteiger partial charge < -0.3 is 0 Å². The number of hydrogen-bond donors (Lipinski definition) is 0. The number of nitriles is 1. The average molecular weight is 305 g/mol. The van der Waals surface area contributed by atoms with Gasteiger partial charge in [-0.1, -0.05) is 48.5 Å².